The minimum atomic E-state index is -0.0875. The van der Waals surface area contributed by atoms with Crippen molar-refractivity contribution in [2.24, 2.45) is 0 Å². The summed E-state index contributed by atoms with van der Waals surface area (Å²) in [6.45, 7) is 1.34. The maximum atomic E-state index is 12.6. The summed E-state index contributed by atoms with van der Waals surface area (Å²) in [5.41, 5.74) is 1.04. The van der Waals surface area contributed by atoms with Crippen LogP contribution in [-0.4, -0.2) is 6.61 Å². The molecule has 54 valence electrons. The van der Waals surface area contributed by atoms with E-state index in [1.165, 1.54) is 11.3 Å². The summed E-state index contributed by atoms with van der Waals surface area (Å²) in [7, 11) is 0. The molecule has 0 saturated carbocycles. The number of rotatable bonds is 0. The molecule has 2 heterocycles. The number of fused-ring (bicyclic) bond motifs is 1. The molecule has 0 N–H and O–H groups in total. The molecule has 0 aliphatic carbocycles. The van der Waals surface area contributed by atoms with Crippen LogP contribution in [0, 0.1) is 5.13 Å². The smallest absolute Gasteiger partial charge is 0.177 e. The monoisotopic (exact) mass is 158 g/mol. The molecule has 1 aromatic rings. The molecule has 0 unspecified atom stereocenters. The zero-order valence-electron chi connectivity index (χ0n) is 5.39. The largest absolute Gasteiger partial charge is 0.376 e. The first kappa shape index (κ1) is 6.31. The van der Waals surface area contributed by atoms with Crippen molar-refractivity contribution < 1.29 is 9.13 Å². The first-order valence-corrected chi connectivity index (χ1v) is 4.03. The van der Waals surface area contributed by atoms with Gasteiger partial charge in [-0.1, -0.05) is 0 Å². The van der Waals surface area contributed by atoms with E-state index < -0.39 is 0 Å². The van der Waals surface area contributed by atoms with Gasteiger partial charge in [0.05, 0.1) is 13.2 Å². The van der Waals surface area contributed by atoms with Crippen molar-refractivity contribution in [3.05, 3.63) is 21.6 Å². The van der Waals surface area contributed by atoms with Gasteiger partial charge in [-0.15, -0.1) is 11.3 Å². The van der Waals surface area contributed by atoms with E-state index in [1.54, 1.807) is 6.07 Å². The topological polar surface area (TPSA) is 9.23 Å². The highest BCUT2D eigenvalue weighted by atomic mass is 32.1. The number of hydrogen-bond donors (Lipinski definition) is 0. The fraction of sp³-hybridized carbons (Fsp3) is 0.429. The van der Waals surface area contributed by atoms with E-state index in [0.717, 1.165) is 23.5 Å². The summed E-state index contributed by atoms with van der Waals surface area (Å²) in [4.78, 5) is 1.16. The van der Waals surface area contributed by atoms with E-state index in [1.807, 2.05) is 0 Å². The van der Waals surface area contributed by atoms with E-state index in [4.69, 9.17) is 4.74 Å². The summed E-state index contributed by atoms with van der Waals surface area (Å²) in [5.74, 6) is 0. The van der Waals surface area contributed by atoms with Gasteiger partial charge in [-0.25, -0.2) is 0 Å². The first-order valence-electron chi connectivity index (χ1n) is 3.21. The van der Waals surface area contributed by atoms with Gasteiger partial charge in [0.1, 0.15) is 0 Å². The molecule has 0 radical (unpaired) electrons. The van der Waals surface area contributed by atoms with E-state index >= 15 is 0 Å². The Labute approximate surface area is 62.4 Å². The molecule has 0 saturated heterocycles. The maximum absolute atomic E-state index is 12.6. The zero-order chi connectivity index (χ0) is 6.97. The van der Waals surface area contributed by atoms with Crippen LogP contribution in [0.2, 0.25) is 0 Å². The average Bonchev–Trinajstić information content (AvgIpc) is 2.27. The highest BCUT2D eigenvalue weighted by molar-refractivity contribution is 7.10. The Hall–Kier alpha value is -0.410. The van der Waals surface area contributed by atoms with Gasteiger partial charge in [0.15, 0.2) is 5.13 Å². The van der Waals surface area contributed by atoms with Crippen molar-refractivity contribution in [1.82, 2.24) is 0 Å². The van der Waals surface area contributed by atoms with Gasteiger partial charge in [-0.05, 0) is 11.6 Å². The standard InChI is InChI=1S/C7H7FOS/c8-7-3-5-4-9-2-1-6(5)10-7/h3H,1-2,4H2. The molecular formula is C7H7FOS. The Morgan fingerprint density at radius 3 is 3.30 bits per heavy atom. The summed E-state index contributed by atoms with van der Waals surface area (Å²) in [5, 5.41) is -0.0875. The van der Waals surface area contributed by atoms with Crippen LogP contribution in [0.1, 0.15) is 10.4 Å². The van der Waals surface area contributed by atoms with Gasteiger partial charge in [0, 0.05) is 11.3 Å². The van der Waals surface area contributed by atoms with Gasteiger partial charge in [0.25, 0.3) is 0 Å². The SMILES string of the molecule is Fc1cc2c(s1)CCOC2. The Bertz CT molecular complexity index is 220. The molecule has 0 bridgehead atoms. The van der Waals surface area contributed by atoms with Gasteiger partial charge in [-0.2, -0.15) is 4.39 Å². The minimum absolute atomic E-state index is 0.0875. The number of ether oxygens (including phenoxy) is 1. The highest BCUT2D eigenvalue weighted by Gasteiger charge is 2.12. The molecule has 1 aromatic heterocycles. The van der Waals surface area contributed by atoms with Gasteiger partial charge >= 0.3 is 0 Å². The Kier molecular flexibility index (Phi) is 1.47. The predicted octanol–water partition coefficient (Wildman–Crippen LogP) is 1.96. The lowest BCUT2D eigenvalue weighted by Crippen LogP contribution is -2.05. The van der Waals surface area contributed by atoms with Crippen LogP contribution in [0.15, 0.2) is 6.07 Å². The molecule has 0 aromatic carbocycles. The van der Waals surface area contributed by atoms with Gasteiger partial charge < -0.3 is 4.74 Å². The fourth-order valence-corrected chi connectivity index (χ4v) is 1.98. The molecule has 0 amide bonds. The average molecular weight is 158 g/mol. The van der Waals surface area contributed by atoms with Crippen LogP contribution in [0.3, 0.4) is 0 Å². The summed E-state index contributed by atoms with van der Waals surface area (Å²) in [6, 6.07) is 1.57. The molecule has 2 rings (SSSR count). The fourth-order valence-electron chi connectivity index (χ4n) is 1.11. The second-order valence-corrected chi connectivity index (χ2v) is 3.39. The predicted molar refractivity (Wildman–Crippen MR) is 37.6 cm³/mol. The third-order valence-electron chi connectivity index (χ3n) is 1.60. The molecule has 0 atom stereocenters. The summed E-state index contributed by atoms with van der Waals surface area (Å²) in [6.07, 6.45) is 0.879. The van der Waals surface area contributed by atoms with Gasteiger partial charge in [-0.3, -0.25) is 0 Å². The molecule has 1 nitrogen and oxygen atoms in total. The molecule has 0 fully saturated rings. The quantitative estimate of drug-likeness (QED) is 0.560. The molecule has 1 aliphatic heterocycles. The second-order valence-electron chi connectivity index (χ2n) is 2.30. The zero-order valence-corrected chi connectivity index (χ0v) is 6.21. The van der Waals surface area contributed by atoms with E-state index in [9.17, 15) is 4.39 Å². The maximum Gasteiger partial charge on any atom is 0.177 e. The Balaban J connectivity index is 2.41. The number of halogens is 1. The lowest BCUT2D eigenvalue weighted by molar-refractivity contribution is 0.112. The lowest BCUT2D eigenvalue weighted by Gasteiger charge is -2.10. The molecule has 3 heteroatoms. The first-order chi connectivity index (χ1) is 4.86. The number of thiophene rings is 1. The van der Waals surface area contributed by atoms with Crippen molar-refractivity contribution in [2.75, 3.05) is 6.61 Å². The van der Waals surface area contributed by atoms with Crippen molar-refractivity contribution in [3.63, 3.8) is 0 Å². The Morgan fingerprint density at radius 1 is 1.60 bits per heavy atom. The molecule has 1 aliphatic rings. The lowest BCUT2D eigenvalue weighted by atomic mass is 10.2. The Morgan fingerprint density at radius 2 is 2.50 bits per heavy atom. The second kappa shape index (κ2) is 2.32. The highest BCUT2D eigenvalue weighted by Crippen LogP contribution is 2.25. The summed E-state index contributed by atoms with van der Waals surface area (Å²) >= 11 is 1.24. The minimum Gasteiger partial charge on any atom is -0.376 e. The molecular weight excluding hydrogens is 151 g/mol. The van der Waals surface area contributed by atoms with Crippen LogP contribution in [0.4, 0.5) is 4.39 Å². The van der Waals surface area contributed by atoms with Crippen molar-refractivity contribution in [3.8, 4) is 0 Å². The van der Waals surface area contributed by atoms with Crippen LogP contribution < -0.4 is 0 Å². The third kappa shape index (κ3) is 0.954. The molecule has 0 spiro atoms. The van der Waals surface area contributed by atoms with Crippen LogP contribution >= 0.6 is 11.3 Å². The van der Waals surface area contributed by atoms with Crippen LogP contribution in [-0.2, 0) is 17.8 Å². The normalized spacial score (nSPS) is 16.9. The van der Waals surface area contributed by atoms with Crippen LogP contribution in [0.25, 0.3) is 0 Å². The van der Waals surface area contributed by atoms with E-state index in [2.05, 4.69) is 0 Å². The van der Waals surface area contributed by atoms with Crippen molar-refractivity contribution >= 4 is 11.3 Å². The van der Waals surface area contributed by atoms with E-state index in [-0.39, 0.29) is 5.13 Å². The summed E-state index contributed by atoms with van der Waals surface area (Å²) < 4.78 is 17.7. The van der Waals surface area contributed by atoms with Crippen molar-refractivity contribution in [2.45, 2.75) is 13.0 Å². The van der Waals surface area contributed by atoms with Crippen molar-refractivity contribution in [1.29, 1.82) is 0 Å². The van der Waals surface area contributed by atoms with Crippen LogP contribution in [0.5, 0.6) is 0 Å². The van der Waals surface area contributed by atoms with E-state index in [0.29, 0.717) is 6.61 Å². The third-order valence-corrected chi connectivity index (χ3v) is 2.62. The number of hydrogen-bond acceptors (Lipinski definition) is 2. The molecule has 10 heavy (non-hydrogen) atoms. The van der Waals surface area contributed by atoms with Gasteiger partial charge in [0.2, 0.25) is 0 Å².